The smallest absolute Gasteiger partial charge is 0.116 e. The number of benzene rings is 1. The molecule has 0 aliphatic carbocycles. The Hall–Kier alpha value is -1.06. The first-order valence-corrected chi connectivity index (χ1v) is 6.59. The van der Waals surface area contributed by atoms with Crippen molar-refractivity contribution in [2.45, 2.75) is 19.3 Å². The maximum atomic E-state index is 9.75. The second kappa shape index (κ2) is 5.72. The number of phenolic OH excluding ortho intramolecular Hbond substituents is 1. The molecule has 1 N–H and O–H groups in total. The Labute approximate surface area is 109 Å². The number of phenols is 1. The summed E-state index contributed by atoms with van der Waals surface area (Å²) in [5.41, 5.74) is 2.38. The van der Waals surface area contributed by atoms with Gasteiger partial charge in [0.1, 0.15) is 5.75 Å². The average molecular weight is 249 g/mol. The summed E-state index contributed by atoms with van der Waals surface area (Å²) in [6.45, 7) is 4.70. The third kappa shape index (κ3) is 3.24. The Balaban J connectivity index is 2.21. The fourth-order valence-electron chi connectivity index (χ4n) is 2.89. The van der Waals surface area contributed by atoms with Crippen LogP contribution >= 0.6 is 0 Å². The molecular formula is C15H23NO2. The second-order valence-corrected chi connectivity index (χ2v) is 5.59. The van der Waals surface area contributed by atoms with E-state index in [1.807, 2.05) is 19.1 Å². The van der Waals surface area contributed by atoms with Crippen LogP contribution in [0.2, 0.25) is 0 Å². The van der Waals surface area contributed by atoms with Crippen LogP contribution < -0.4 is 0 Å². The fourth-order valence-corrected chi connectivity index (χ4v) is 2.89. The Morgan fingerprint density at radius 2 is 2.11 bits per heavy atom. The molecule has 0 unspecified atom stereocenters. The standard InChI is InChI=1S/C15H23NO2/c1-11-6-12(8-14(17)7-11)15-4-5-18-10-13(15)9-16(2)3/h6-8,13,15,17H,4-5,9-10H2,1-3H3/t13-,15+/m1/s1. The van der Waals surface area contributed by atoms with Crippen LogP contribution in [-0.2, 0) is 4.74 Å². The lowest BCUT2D eigenvalue weighted by Gasteiger charge is -2.34. The van der Waals surface area contributed by atoms with Gasteiger partial charge in [0.2, 0.25) is 0 Å². The molecule has 0 spiro atoms. The van der Waals surface area contributed by atoms with E-state index in [2.05, 4.69) is 25.1 Å². The molecular weight excluding hydrogens is 226 g/mol. The number of hydrogen-bond donors (Lipinski definition) is 1. The molecule has 0 bridgehead atoms. The molecule has 0 amide bonds. The SMILES string of the molecule is Cc1cc(O)cc([C@@H]2CCOC[C@H]2CN(C)C)c1. The summed E-state index contributed by atoms with van der Waals surface area (Å²) in [5.74, 6) is 1.38. The molecule has 1 fully saturated rings. The Morgan fingerprint density at radius 1 is 1.33 bits per heavy atom. The van der Waals surface area contributed by atoms with E-state index in [-0.39, 0.29) is 0 Å². The highest BCUT2D eigenvalue weighted by Gasteiger charge is 2.27. The lowest BCUT2D eigenvalue weighted by atomic mass is 9.82. The lowest BCUT2D eigenvalue weighted by molar-refractivity contribution is 0.0302. The number of aromatic hydroxyl groups is 1. The van der Waals surface area contributed by atoms with E-state index in [0.29, 0.717) is 17.6 Å². The highest BCUT2D eigenvalue weighted by molar-refractivity contribution is 5.35. The minimum atomic E-state index is 0.375. The molecule has 1 aromatic rings. The van der Waals surface area contributed by atoms with E-state index < -0.39 is 0 Å². The third-order valence-electron chi connectivity index (χ3n) is 3.59. The van der Waals surface area contributed by atoms with Crippen LogP contribution in [0.3, 0.4) is 0 Å². The molecule has 2 atom stereocenters. The van der Waals surface area contributed by atoms with Crippen LogP contribution in [0.5, 0.6) is 5.75 Å². The monoisotopic (exact) mass is 249 g/mol. The Kier molecular flexibility index (Phi) is 4.25. The van der Waals surface area contributed by atoms with Gasteiger partial charge in [-0.3, -0.25) is 0 Å². The highest BCUT2D eigenvalue weighted by Crippen LogP contribution is 2.34. The van der Waals surface area contributed by atoms with Crippen LogP contribution in [0.25, 0.3) is 0 Å². The molecule has 1 saturated heterocycles. The number of hydrogen-bond acceptors (Lipinski definition) is 3. The van der Waals surface area contributed by atoms with Crippen molar-refractivity contribution in [1.29, 1.82) is 0 Å². The first kappa shape index (κ1) is 13.4. The summed E-state index contributed by atoms with van der Waals surface area (Å²) in [6.07, 6.45) is 1.04. The van der Waals surface area contributed by atoms with E-state index in [4.69, 9.17) is 4.74 Å². The zero-order valence-electron chi connectivity index (χ0n) is 11.5. The van der Waals surface area contributed by atoms with Crippen LogP contribution in [0.1, 0.15) is 23.5 Å². The number of aryl methyl sites for hydroxylation is 1. The maximum Gasteiger partial charge on any atom is 0.116 e. The van der Waals surface area contributed by atoms with Gasteiger partial charge in [0.05, 0.1) is 6.61 Å². The number of nitrogens with zero attached hydrogens (tertiary/aromatic N) is 1. The topological polar surface area (TPSA) is 32.7 Å². The summed E-state index contributed by atoms with van der Waals surface area (Å²) in [6, 6.07) is 5.91. The predicted molar refractivity (Wildman–Crippen MR) is 73.1 cm³/mol. The maximum absolute atomic E-state index is 9.75. The largest absolute Gasteiger partial charge is 0.508 e. The van der Waals surface area contributed by atoms with Crippen molar-refractivity contribution in [3.8, 4) is 5.75 Å². The first-order valence-electron chi connectivity index (χ1n) is 6.59. The molecule has 2 rings (SSSR count). The summed E-state index contributed by atoms with van der Waals surface area (Å²) >= 11 is 0. The Bertz CT molecular complexity index is 383. The van der Waals surface area contributed by atoms with Crippen LogP contribution in [0.4, 0.5) is 0 Å². The van der Waals surface area contributed by atoms with Gasteiger partial charge in [-0.15, -0.1) is 0 Å². The lowest BCUT2D eigenvalue weighted by Crippen LogP contribution is -2.34. The number of ether oxygens (including phenoxy) is 1. The van der Waals surface area contributed by atoms with Crippen LogP contribution in [0.15, 0.2) is 18.2 Å². The predicted octanol–water partition coefficient (Wildman–Crippen LogP) is 2.38. The van der Waals surface area contributed by atoms with Gasteiger partial charge in [-0.1, -0.05) is 6.07 Å². The van der Waals surface area contributed by atoms with Gasteiger partial charge in [-0.05, 0) is 56.6 Å². The molecule has 3 heteroatoms. The molecule has 18 heavy (non-hydrogen) atoms. The second-order valence-electron chi connectivity index (χ2n) is 5.59. The molecule has 0 saturated carbocycles. The summed E-state index contributed by atoms with van der Waals surface area (Å²) in [7, 11) is 4.19. The van der Waals surface area contributed by atoms with Gasteiger partial charge >= 0.3 is 0 Å². The molecule has 1 aliphatic rings. The van der Waals surface area contributed by atoms with Crippen molar-refractivity contribution in [2.24, 2.45) is 5.92 Å². The van der Waals surface area contributed by atoms with Gasteiger partial charge in [0.15, 0.2) is 0 Å². The van der Waals surface area contributed by atoms with E-state index in [0.717, 1.165) is 31.7 Å². The molecule has 1 aliphatic heterocycles. The zero-order chi connectivity index (χ0) is 13.1. The number of rotatable bonds is 3. The van der Waals surface area contributed by atoms with E-state index in [1.54, 1.807) is 0 Å². The van der Waals surface area contributed by atoms with Crippen molar-refractivity contribution >= 4 is 0 Å². The van der Waals surface area contributed by atoms with Gasteiger partial charge < -0.3 is 14.7 Å². The van der Waals surface area contributed by atoms with Gasteiger partial charge in [-0.25, -0.2) is 0 Å². The third-order valence-corrected chi connectivity index (χ3v) is 3.59. The first-order chi connectivity index (χ1) is 8.56. The molecule has 0 radical (unpaired) electrons. The fraction of sp³-hybridized carbons (Fsp3) is 0.600. The van der Waals surface area contributed by atoms with E-state index >= 15 is 0 Å². The zero-order valence-corrected chi connectivity index (χ0v) is 11.5. The van der Waals surface area contributed by atoms with Gasteiger partial charge in [0, 0.05) is 19.1 Å². The van der Waals surface area contributed by atoms with Crippen molar-refractivity contribution in [3.05, 3.63) is 29.3 Å². The molecule has 0 aromatic heterocycles. The van der Waals surface area contributed by atoms with Crippen molar-refractivity contribution < 1.29 is 9.84 Å². The van der Waals surface area contributed by atoms with E-state index in [9.17, 15) is 5.11 Å². The quantitative estimate of drug-likeness (QED) is 0.892. The summed E-state index contributed by atoms with van der Waals surface area (Å²) in [4.78, 5) is 2.21. The highest BCUT2D eigenvalue weighted by atomic mass is 16.5. The van der Waals surface area contributed by atoms with Crippen LogP contribution in [0, 0.1) is 12.8 Å². The molecule has 1 aromatic carbocycles. The summed E-state index contributed by atoms with van der Waals surface area (Å²) in [5, 5.41) is 9.75. The minimum Gasteiger partial charge on any atom is -0.508 e. The van der Waals surface area contributed by atoms with Crippen molar-refractivity contribution in [3.63, 3.8) is 0 Å². The van der Waals surface area contributed by atoms with Gasteiger partial charge in [0.25, 0.3) is 0 Å². The average Bonchev–Trinajstić information content (AvgIpc) is 2.27. The molecule has 100 valence electrons. The van der Waals surface area contributed by atoms with Gasteiger partial charge in [-0.2, -0.15) is 0 Å². The molecule has 1 heterocycles. The van der Waals surface area contributed by atoms with Crippen molar-refractivity contribution in [2.75, 3.05) is 33.9 Å². The normalized spacial score (nSPS) is 24.4. The summed E-state index contributed by atoms with van der Waals surface area (Å²) < 4.78 is 5.61. The minimum absolute atomic E-state index is 0.375. The van der Waals surface area contributed by atoms with Crippen LogP contribution in [-0.4, -0.2) is 43.9 Å². The van der Waals surface area contributed by atoms with Crippen molar-refractivity contribution in [1.82, 2.24) is 4.90 Å². The van der Waals surface area contributed by atoms with E-state index in [1.165, 1.54) is 5.56 Å². The Morgan fingerprint density at radius 3 is 2.78 bits per heavy atom. The molecule has 3 nitrogen and oxygen atoms in total.